The number of benzene rings is 2. The molecule has 4 rings (SSSR count). The van der Waals surface area contributed by atoms with Crippen molar-refractivity contribution in [3.63, 3.8) is 0 Å². The highest BCUT2D eigenvalue weighted by atomic mass is 35.5. The third-order valence-electron chi connectivity index (χ3n) is 4.38. The number of carbonyl (C=O) groups is 1. The van der Waals surface area contributed by atoms with Crippen molar-refractivity contribution in [3.05, 3.63) is 69.7 Å². The smallest absolute Gasteiger partial charge is 0.254 e. The predicted molar refractivity (Wildman–Crippen MR) is 79.1 cm³/mol. The standard InChI is InChI=1S/C17H14ClNO/c18-13-5-6-14-12(9-13)7-8-19-16(14)10-11-3-1-2-4-15(11)17(19)20/h1-6,9,16H,7-8,10H2/t16-/m0/s1. The summed E-state index contributed by atoms with van der Waals surface area (Å²) in [6.45, 7) is 0.783. The Morgan fingerprint density at radius 2 is 1.95 bits per heavy atom. The van der Waals surface area contributed by atoms with Gasteiger partial charge in [-0.05, 0) is 47.7 Å². The SMILES string of the molecule is O=C1c2ccccc2C[C@H]2c3ccc(Cl)cc3CCN12. The molecule has 20 heavy (non-hydrogen) atoms. The number of hydrogen-bond acceptors (Lipinski definition) is 1. The van der Waals surface area contributed by atoms with Crippen LogP contribution in [0.3, 0.4) is 0 Å². The first-order chi connectivity index (χ1) is 9.74. The van der Waals surface area contributed by atoms with Crippen LogP contribution in [0, 0.1) is 0 Å². The van der Waals surface area contributed by atoms with Crippen LogP contribution in [-0.4, -0.2) is 17.4 Å². The molecule has 0 unspecified atom stereocenters. The Kier molecular flexibility index (Phi) is 2.61. The molecule has 0 fully saturated rings. The molecule has 2 aliphatic rings. The van der Waals surface area contributed by atoms with Crippen LogP contribution in [0.15, 0.2) is 42.5 Å². The summed E-state index contributed by atoms with van der Waals surface area (Å²) in [4.78, 5) is 14.6. The summed E-state index contributed by atoms with van der Waals surface area (Å²) in [7, 11) is 0. The number of nitrogens with zero attached hydrogens (tertiary/aromatic N) is 1. The van der Waals surface area contributed by atoms with Crippen LogP contribution >= 0.6 is 11.6 Å². The van der Waals surface area contributed by atoms with E-state index in [1.54, 1.807) is 0 Å². The van der Waals surface area contributed by atoms with Crippen LogP contribution in [0.1, 0.15) is 33.1 Å². The van der Waals surface area contributed by atoms with E-state index >= 15 is 0 Å². The lowest BCUT2D eigenvalue weighted by atomic mass is 9.84. The molecular formula is C17H14ClNO. The zero-order valence-electron chi connectivity index (χ0n) is 11.0. The average molecular weight is 284 g/mol. The summed E-state index contributed by atoms with van der Waals surface area (Å²) in [6.07, 6.45) is 1.79. The minimum atomic E-state index is 0.164. The van der Waals surface area contributed by atoms with E-state index in [1.165, 1.54) is 11.1 Å². The summed E-state index contributed by atoms with van der Waals surface area (Å²) in [5, 5.41) is 0.778. The van der Waals surface area contributed by atoms with Crippen LogP contribution < -0.4 is 0 Å². The minimum absolute atomic E-state index is 0.164. The van der Waals surface area contributed by atoms with Gasteiger partial charge in [0.05, 0.1) is 6.04 Å². The number of rotatable bonds is 0. The second-order valence-electron chi connectivity index (χ2n) is 5.47. The average Bonchev–Trinajstić information content (AvgIpc) is 2.47. The van der Waals surface area contributed by atoms with Gasteiger partial charge in [0, 0.05) is 17.1 Å². The van der Waals surface area contributed by atoms with E-state index in [-0.39, 0.29) is 11.9 Å². The second kappa shape index (κ2) is 4.35. The molecule has 100 valence electrons. The Bertz CT molecular complexity index is 710. The molecule has 2 heterocycles. The van der Waals surface area contributed by atoms with Crippen LogP contribution in [0.25, 0.3) is 0 Å². The number of fused-ring (bicyclic) bond motifs is 4. The van der Waals surface area contributed by atoms with Crippen LogP contribution in [0.4, 0.5) is 0 Å². The number of halogens is 1. The molecule has 2 nitrogen and oxygen atoms in total. The Morgan fingerprint density at radius 3 is 2.85 bits per heavy atom. The van der Waals surface area contributed by atoms with Crippen molar-refractivity contribution in [2.24, 2.45) is 0 Å². The number of hydrogen-bond donors (Lipinski definition) is 0. The largest absolute Gasteiger partial charge is 0.331 e. The monoisotopic (exact) mass is 283 g/mol. The first kappa shape index (κ1) is 12.0. The zero-order valence-corrected chi connectivity index (χ0v) is 11.7. The van der Waals surface area contributed by atoms with Crippen molar-refractivity contribution in [1.82, 2.24) is 4.90 Å². The Morgan fingerprint density at radius 1 is 1.10 bits per heavy atom. The topological polar surface area (TPSA) is 20.3 Å². The molecule has 2 aromatic rings. The molecular weight excluding hydrogens is 270 g/mol. The zero-order chi connectivity index (χ0) is 13.7. The van der Waals surface area contributed by atoms with E-state index in [4.69, 9.17) is 11.6 Å². The van der Waals surface area contributed by atoms with Gasteiger partial charge in [-0.1, -0.05) is 35.9 Å². The highest BCUT2D eigenvalue weighted by Crippen LogP contribution is 2.38. The lowest BCUT2D eigenvalue weighted by molar-refractivity contribution is 0.0632. The molecule has 0 bridgehead atoms. The van der Waals surface area contributed by atoms with Gasteiger partial charge in [0.2, 0.25) is 0 Å². The van der Waals surface area contributed by atoms with E-state index in [0.717, 1.165) is 35.5 Å². The van der Waals surface area contributed by atoms with E-state index in [1.807, 2.05) is 35.2 Å². The Balaban J connectivity index is 1.84. The summed E-state index contributed by atoms with van der Waals surface area (Å²) < 4.78 is 0. The van der Waals surface area contributed by atoms with Crippen molar-refractivity contribution in [1.29, 1.82) is 0 Å². The fourth-order valence-electron chi connectivity index (χ4n) is 3.41. The first-order valence-corrected chi connectivity index (χ1v) is 7.29. The first-order valence-electron chi connectivity index (χ1n) is 6.91. The highest BCUT2D eigenvalue weighted by Gasteiger charge is 2.36. The maximum atomic E-state index is 12.6. The van der Waals surface area contributed by atoms with Gasteiger partial charge >= 0.3 is 0 Å². The van der Waals surface area contributed by atoms with Gasteiger partial charge in [-0.2, -0.15) is 0 Å². The second-order valence-corrected chi connectivity index (χ2v) is 5.91. The molecule has 1 amide bonds. The van der Waals surface area contributed by atoms with E-state index in [0.29, 0.717) is 0 Å². The van der Waals surface area contributed by atoms with E-state index in [9.17, 15) is 4.79 Å². The molecule has 1 atom stereocenters. The molecule has 0 radical (unpaired) electrons. The van der Waals surface area contributed by atoms with Crippen molar-refractivity contribution >= 4 is 17.5 Å². The van der Waals surface area contributed by atoms with Crippen LogP contribution in [-0.2, 0) is 12.8 Å². The van der Waals surface area contributed by atoms with Crippen molar-refractivity contribution in [3.8, 4) is 0 Å². The van der Waals surface area contributed by atoms with Gasteiger partial charge in [0.25, 0.3) is 5.91 Å². The van der Waals surface area contributed by atoms with E-state index in [2.05, 4.69) is 12.1 Å². The molecule has 0 N–H and O–H groups in total. The molecule has 2 aromatic carbocycles. The van der Waals surface area contributed by atoms with Gasteiger partial charge in [-0.3, -0.25) is 4.79 Å². The minimum Gasteiger partial charge on any atom is -0.331 e. The Labute approximate surface area is 123 Å². The lowest BCUT2D eigenvalue weighted by Crippen LogP contribution is -2.44. The molecule has 3 heteroatoms. The maximum absolute atomic E-state index is 12.6. The van der Waals surface area contributed by atoms with Gasteiger partial charge in [-0.15, -0.1) is 0 Å². The summed E-state index contributed by atoms with van der Waals surface area (Å²) in [5.74, 6) is 0.164. The van der Waals surface area contributed by atoms with Gasteiger partial charge in [-0.25, -0.2) is 0 Å². The highest BCUT2D eigenvalue weighted by molar-refractivity contribution is 6.30. The molecule has 0 aromatic heterocycles. The maximum Gasteiger partial charge on any atom is 0.254 e. The van der Waals surface area contributed by atoms with Crippen LogP contribution in [0.5, 0.6) is 0 Å². The lowest BCUT2D eigenvalue weighted by Gasteiger charge is -2.41. The van der Waals surface area contributed by atoms with Gasteiger partial charge in [0.15, 0.2) is 0 Å². The number of carbonyl (C=O) groups excluding carboxylic acids is 1. The normalized spacial score (nSPS) is 20.1. The molecule has 0 spiro atoms. The van der Waals surface area contributed by atoms with Crippen molar-refractivity contribution in [2.45, 2.75) is 18.9 Å². The third kappa shape index (κ3) is 1.68. The van der Waals surface area contributed by atoms with Crippen molar-refractivity contribution < 1.29 is 4.79 Å². The molecule has 0 aliphatic carbocycles. The fraction of sp³-hybridized carbons (Fsp3) is 0.235. The van der Waals surface area contributed by atoms with Gasteiger partial charge < -0.3 is 4.90 Å². The summed E-state index contributed by atoms with van der Waals surface area (Å²) in [6, 6.07) is 14.2. The summed E-state index contributed by atoms with van der Waals surface area (Å²) >= 11 is 6.08. The fourth-order valence-corrected chi connectivity index (χ4v) is 3.61. The molecule has 2 aliphatic heterocycles. The molecule has 0 saturated heterocycles. The quantitative estimate of drug-likeness (QED) is 0.723. The predicted octanol–water partition coefficient (Wildman–Crippen LogP) is 3.64. The number of amides is 1. The molecule has 0 saturated carbocycles. The van der Waals surface area contributed by atoms with Crippen molar-refractivity contribution in [2.75, 3.05) is 6.54 Å². The third-order valence-corrected chi connectivity index (χ3v) is 4.62. The van der Waals surface area contributed by atoms with E-state index < -0.39 is 0 Å². The summed E-state index contributed by atoms with van der Waals surface area (Å²) in [5.41, 5.74) is 4.55. The Hall–Kier alpha value is -1.80. The van der Waals surface area contributed by atoms with Gasteiger partial charge in [0.1, 0.15) is 0 Å². The van der Waals surface area contributed by atoms with Crippen LogP contribution in [0.2, 0.25) is 5.02 Å².